The molecule has 6 aromatic rings. The van der Waals surface area contributed by atoms with Crippen molar-refractivity contribution in [2.24, 2.45) is 0 Å². The van der Waals surface area contributed by atoms with Crippen molar-refractivity contribution in [3.63, 3.8) is 0 Å². The molecule has 0 aliphatic carbocycles. The van der Waals surface area contributed by atoms with Gasteiger partial charge in [-0.25, -0.2) is 9.97 Å². The van der Waals surface area contributed by atoms with E-state index in [1.807, 2.05) is 133 Å². The van der Waals surface area contributed by atoms with Crippen LogP contribution in [-0.2, 0) is 15.9 Å². The van der Waals surface area contributed by atoms with E-state index in [4.69, 9.17) is 24.2 Å². The van der Waals surface area contributed by atoms with Gasteiger partial charge in [-0.15, -0.1) is 0 Å². The van der Waals surface area contributed by atoms with Gasteiger partial charge >= 0.3 is 0 Å². The molecule has 2 aromatic heterocycles. The van der Waals surface area contributed by atoms with Crippen molar-refractivity contribution in [2.75, 3.05) is 0 Å². The summed E-state index contributed by atoms with van der Waals surface area (Å²) in [6.45, 7) is 0. The third-order valence-corrected chi connectivity index (χ3v) is 8.53. The molecule has 2 unspecified atom stereocenters. The van der Waals surface area contributed by atoms with E-state index in [1.54, 1.807) is 0 Å². The van der Waals surface area contributed by atoms with Crippen molar-refractivity contribution in [1.82, 2.24) is 9.97 Å². The molecule has 7 heteroatoms. The van der Waals surface area contributed by atoms with Crippen LogP contribution in [0.15, 0.2) is 158 Å². The monoisotopic (exact) mass is 618 g/mol. The minimum atomic E-state index is -1.07. The second-order valence-corrected chi connectivity index (χ2v) is 11.1. The zero-order valence-corrected chi connectivity index (χ0v) is 26.5. The Morgan fingerprint density at radius 2 is 0.778 bits per heavy atom. The Balaban J connectivity index is 1.51. The lowest BCUT2D eigenvalue weighted by atomic mass is 9.86. The van der Waals surface area contributed by atoms with E-state index in [-0.39, 0.29) is 0 Å². The molecule has 0 saturated carbocycles. The smallest absolute Gasteiger partial charge is 0.219 e. The molecule has 5 nitrogen and oxygen atoms in total. The first-order chi connectivity index (χ1) is 22.1. The number of hydrogen-bond donors (Lipinski definition) is 0. The summed E-state index contributed by atoms with van der Waals surface area (Å²) in [6.07, 6.45) is 0. The summed E-state index contributed by atoms with van der Waals surface area (Å²) in [6, 6.07) is 51.7. The summed E-state index contributed by atoms with van der Waals surface area (Å²) in [4.78, 5) is 10.1. The summed E-state index contributed by atoms with van der Waals surface area (Å²) in [5.74, 6) is 2.32. The molecular weight excluding hydrogens is 589 g/mol. The van der Waals surface area contributed by atoms with E-state index < -0.39 is 11.2 Å². The quantitative estimate of drug-likeness (QED) is 0.129. The molecule has 0 N–H and O–H groups in total. The fraction of sp³-hybridized carbons (Fsp3) is 0.105. The summed E-state index contributed by atoms with van der Waals surface area (Å²) >= 11 is 0. The van der Waals surface area contributed by atoms with Crippen LogP contribution in [0, 0.1) is 0 Å². The molecule has 2 heterocycles. The van der Waals surface area contributed by atoms with E-state index in [0.29, 0.717) is 46.7 Å². The van der Waals surface area contributed by atoms with Crippen molar-refractivity contribution in [1.29, 1.82) is 0 Å². The average Bonchev–Trinajstić information content (AvgIpc) is 3.11. The minimum Gasteiger partial charge on any atom is -0.439 e. The third kappa shape index (κ3) is 6.51. The van der Waals surface area contributed by atoms with Crippen LogP contribution in [-0.4, -0.2) is 30.5 Å². The largest absolute Gasteiger partial charge is 0.439 e. The van der Waals surface area contributed by atoms with Crippen molar-refractivity contribution in [3.8, 4) is 23.3 Å². The zero-order chi connectivity index (χ0) is 31.0. The van der Waals surface area contributed by atoms with Crippen molar-refractivity contribution >= 4 is 20.5 Å². The number of hydrogen-bond acceptors (Lipinski definition) is 5. The lowest BCUT2D eigenvalue weighted by Crippen LogP contribution is -2.43. The van der Waals surface area contributed by atoms with Crippen molar-refractivity contribution in [2.45, 2.75) is 23.3 Å². The van der Waals surface area contributed by atoms with E-state index >= 15 is 0 Å². The summed E-state index contributed by atoms with van der Waals surface area (Å²) in [5.41, 5.74) is 1.04. The highest BCUT2D eigenvalue weighted by Crippen LogP contribution is 2.47. The molecule has 0 fully saturated rings. The zero-order valence-electron chi connectivity index (χ0n) is 24.5. The molecule has 45 heavy (non-hydrogen) atoms. The number of para-hydroxylation sites is 2. The number of rotatable bonds is 12. The predicted octanol–water partition coefficient (Wildman–Crippen LogP) is 8.44. The highest BCUT2D eigenvalue weighted by atomic mass is 28.1. The van der Waals surface area contributed by atoms with Gasteiger partial charge in [0.2, 0.25) is 11.8 Å². The molecule has 0 spiro atoms. The maximum atomic E-state index is 7.55. The number of benzene rings is 4. The lowest BCUT2D eigenvalue weighted by Gasteiger charge is -2.44. The Bertz CT molecular complexity index is 1680. The number of aromatic nitrogens is 2. The highest BCUT2D eigenvalue weighted by molar-refractivity contribution is 6.10. The number of pyridine rings is 2. The molecule has 0 amide bonds. The second-order valence-electron chi connectivity index (χ2n) is 10.4. The Morgan fingerprint density at radius 1 is 0.422 bits per heavy atom. The Hall–Kier alpha value is -4.83. The molecule has 0 bridgehead atoms. The van der Waals surface area contributed by atoms with Crippen LogP contribution in [0.1, 0.15) is 22.5 Å². The number of ether oxygens (including phenoxy) is 3. The average molecular weight is 619 g/mol. The molecular formula is C38H30N2O3Si2. The van der Waals surface area contributed by atoms with Gasteiger partial charge in [0.15, 0.2) is 0 Å². The van der Waals surface area contributed by atoms with Gasteiger partial charge in [0, 0.05) is 32.6 Å². The van der Waals surface area contributed by atoms with Gasteiger partial charge in [-0.2, -0.15) is 0 Å². The van der Waals surface area contributed by atoms with Crippen LogP contribution in [0.2, 0.25) is 12.1 Å². The van der Waals surface area contributed by atoms with Gasteiger partial charge in [0.1, 0.15) is 22.7 Å². The summed E-state index contributed by atoms with van der Waals surface area (Å²) in [7, 11) is 7.84. The van der Waals surface area contributed by atoms with Crippen LogP contribution in [0.25, 0.3) is 0 Å². The molecule has 6 rings (SSSR count). The molecule has 218 valence electrons. The van der Waals surface area contributed by atoms with E-state index in [1.165, 1.54) is 0 Å². The first-order valence-electron chi connectivity index (χ1n) is 14.7. The topological polar surface area (TPSA) is 53.5 Å². The first-order valence-corrected chi connectivity index (χ1v) is 16.1. The van der Waals surface area contributed by atoms with Crippen LogP contribution in [0.5, 0.6) is 23.3 Å². The van der Waals surface area contributed by atoms with Gasteiger partial charge < -0.3 is 14.2 Å². The molecule has 4 aromatic carbocycles. The third-order valence-electron chi connectivity index (χ3n) is 7.53. The van der Waals surface area contributed by atoms with Gasteiger partial charge in [-0.3, -0.25) is 0 Å². The molecule has 0 aliphatic rings. The molecule has 0 saturated heterocycles. The Labute approximate surface area is 270 Å². The van der Waals surface area contributed by atoms with Gasteiger partial charge in [0.25, 0.3) is 0 Å². The SMILES string of the molecule is [Si]CC(OC(C[Si])(c1ccccc1)c1cccc(Oc2ccccc2)n1)(c1ccccc1)c1cccc(Oc2ccccc2)n1. The van der Waals surface area contributed by atoms with Gasteiger partial charge in [-0.05, 0) is 59.6 Å². The lowest BCUT2D eigenvalue weighted by molar-refractivity contribution is -0.110. The summed E-state index contributed by atoms with van der Waals surface area (Å²) < 4.78 is 19.9. The minimum absolute atomic E-state index is 0.389. The normalized spacial score (nSPS) is 13.7. The van der Waals surface area contributed by atoms with Gasteiger partial charge in [-0.1, -0.05) is 109 Å². The van der Waals surface area contributed by atoms with Crippen molar-refractivity contribution in [3.05, 3.63) is 180 Å². The summed E-state index contributed by atoms with van der Waals surface area (Å²) in [5, 5.41) is 0. The van der Waals surface area contributed by atoms with Crippen LogP contribution >= 0.6 is 0 Å². The van der Waals surface area contributed by atoms with Crippen LogP contribution in [0.3, 0.4) is 0 Å². The van der Waals surface area contributed by atoms with Gasteiger partial charge in [0.05, 0.1) is 11.4 Å². The second kappa shape index (κ2) is 13.9. The number of nitrogens with zero attached hydrogens (tertiary/aromatic N) is 2. The van der Waals surface area contributed by atoms with Crippen LogP contribution in [0.4, 0.5) is 0 Å². The molecule has 6 radical (unpaired) electrons. The Morgan fingerprint density at radius 3 is 1.13 bits per heavy atom. The molecule has 0 aliphatic heterocycles. The maximum absolute atomic E-state index is 7.55. The maximum Gasteiger partial charge on any atom is 0.219 e. The van der Waals surface area contributed by atoms with E-state index in [0.717, 1.165) is 11.1 Å². The van der Waals surface area contributed by atoms with Crippen molar-refractivity contribution < 1.29 is 14.2 Å². The Kier molecular flexibility index (Phi) is 9.31. The fourth-order valence-corrected chi connectivity index (χ4v) is 6.21. The highest BCUT2D eigenvalue weighted by Gasteiger charge is 2.46. The van der Waals surface area contributed by atoms with Crippen LogP contribution < -0.4 is 9.47 Å². The predicted molar refractivity (Wildman–Crippen MR) is 178 cm³/mol. The standard InChI is InChI=1S/C38H30N2O3Si2/c44-27-37(29-15-5-1-6-16-29,33-23-13-25-35(39-33)41-31-19-9-3-10-20-31)43-38(28-45,30-17-7-2-8-18-30)34-24-14-26-36(40-34)42-32-21-11-4-12-22-32/h1-26H,27-28H2. The first kappa shape index (κ1) is 30.2. The fourth-order valence-electron chi connectivity index (χ4n) is 5.30. The molecule has 2 atom stereocenters. The van der Waals surface area contributed by atoms with E-state index in [9.17, 15) is 0 Å². The van der Waals surface area contributed by atoms with E-state index in [2.05, 4.69) is 44.8 Å².